The molecule has 2 aliphatic carbocycles. The number of benzene rings is 3. The monoisotopic (exact) mass is 588 g/mol. The lowest BCUT2D eigenvalue weighted by atomic mass is 9.68. The van der Waals surface area contributed by atoms with Crippen molar-refractivity contribution < 1.29 is 17.9 Å². The Kier molecular flexibility index (Phi) is 11.1. The maximum Gasteiger partial charge on any atom is 0.201 e. The molecule has 0 unspecified atom stereocenters. The molecule has 3 aromatic rings. The van der Waals surface area contributed by atoms with Crippen LogP contribution >= 0.6 is 0 Å². The normalized spacial score (nSPS) is 22.6. The summed E-state index contributed by atoms with van der Waals surface area (Å²) in [5.41, 5.74) is 3.02. The lowest BCUT2D eigenvalue weighted by molar-refractivity contribution is 0.155. The Morgan fingerprint density at radius 2 is 1.35 bits per heavy atom. The van der Waals surface area contributed by atoms with Crippen molar-refractivity contribution in [3.05, 3.63) is 89.8 Å². The molecule has 2 saturated carbocycles. The van der Waals surface area contributed by atoms with Crippen LogP contribution in [0.15, 0.2) is 66.7 Å². The summed E-state index contributed by atoms with van der Waals surface area (Å²) >= 11 is 0. The maximum atomic E-state index is 15.4. The van der Waals surface area contributed by atoms with Gasteiger partial charge in [0.25, 0.3) is 0 Å². The van der Waals surface area contributed by atoms with Crippen molar-refractivity contribution in [1.82, 2.24) is 0 Å². The summed E-state index contributed by atoms with van der Waals surface area (Å²) in [7, 11) is 0. The highest BCUT2D eigenvalue weighted by Gasteiger charge is 2.31. The van der Waals surface area contributed by atoms with Gasteiger partial charge in [-0.15, -0.1) is 0 Å². The molecule has 0 radical (unpaired) electrons. The zero-order chi connectivity index (χ0) is 30.2. The molecular formula is C39H47F3O. The maximum absolute atomic E-state index is 15.4. The molecule has 0 aromatic heterocycles. The molecule has 0 amide bonds. The first-order valence-electron chi connectivity index (χ1n) is 16.6. The van der Waals surface area contributed by atoms with Crippen molar-refractivity contribution in [3.63, 3.8) is 0 Å². The van der Waals surface area contributed by atoms with E-state index in [1.54, 1.807) is 42.5 Å². The number of allylic oxidation sites excluding steroid dienone is 1. The molecule has 0 atom stereocenters. The largest absolute Gasteiger partial charge is 0.486 e. The molecule has 0 saturated heterocycles. The predicted molar refractivity (Wildman–Crippen MR) is 172 cm³/mol. The van der Waals surface area contributed by atoms with Crippen LogP contribution in [0.2, 0.25) is 0 Å². The van der Waals surface area contributed by atoms with Gasteiger partial charge in [-0.3, -0.25) is 0 Å². The molecule has 43 heavy (non-hydrogen) atoms. The molecule has 0 aliphatic heterocycles. The molecule has 2 fully saturated rings. The van der Waals surface area contributed by atoms with Crippen molar-refractivity contribution in [3.8, 4) is 28.0 Å². The Morgan fingerprint density at radius 3 is 1.98 bits per heavy atom. The summed E-state index contributed by atoms with van der Waals surface area (Å²) in [6.45, 7) is 4.29. The highest BCUT2D eigenvalue weighted by Crippen LogP contribution is 2.45. The van der Waals surface area contributed by atoms with Gasteiger partial charge < -0.3 is 4.74 Å². The van der Waals surface area contributed by atoms with Crippen LogP contribution in [-0.2, 0) is 0 Å². The third-order valence-corrected chi connectivity index (χ3v) is 10.1. The van der Waals surface area contributed by atoms with Gasteiger partial charge in [-0.1, -0.05) is 94.0 Å². The number of ether oxygens (including phenoxy) is 1. The Hall–Kier alpha value is -3.01. The molecule has 0 N–H and O–H groups in total. The molecule has 0 heterocycles. The van der Waals surface area contributed by atoms with Crippen LogP contribution in [0.1, 0.15) is 102 Å². The first-order valence-corrected chi connectivity index (χ1v) is 16.6. The summed E-state index contributed by atoms with van der Waals surface area (Å²) in [5, 5.41) is 0. The van der Waals surface area contributed by atoms with Crippen molar-refractivity contribution in [2.24, 2.45) is 17.8 Å². The average molecular weight is 589 g/mol. The second-order valence-electron chi connectivity index (χ2n) is 12.8. The molecule has 3 aromatic carbocycles. The van der Waals surface area contributed by atoms with Crippen LogP contribution in [0.5, 0.6) is 5.75 Å². The van der Waals surface area contributed by atoms with Gasteiger partial charge in [-0.2, -0.15) is 4.39 Å². The average Bonchev–Trinajstić information content (AvgIpc) is 3.04. The quantitative estimate of drug-likeness (QED) is 0.160. The van der Waals surface area contributed by atoms with Gasteiger partial charge in [-0.25, -0.2) is 8.78 Å². The van der Waals surface area contributed by atoms with Crippen molar-refractivity contribution in [1.29, 1.82) is 0 Å². The fourth-order valence-corrected chi connectivity index (χ4v) is 7.50. The molecular weight excluding hydrogens is 541 g/mol. The zero-order valence-electron chi connectivity index (χ0n) is 25.9. The molecule has 0 spiro atoms. The standard InChI is InChI=1S/C39H47F3O/c1-3-5-7-8-27-9-11-28(12-10-27)29-13-15-30(16-14-29)33-21-22-34(36(40)26-33)31-17-19-32(20-18-31)35-23-24-37(39(42)38(35)41)43-25-6-4-2/h4,6,17-24,26-30H,3,5,7-16,25H2,1-2H3/b6-4+. The Labute approximate surface area is 256 Å². The lowest BCUT2D eigenvalue weighted by Crippen LogP contribution is -2.25. The second kappa shape index (κ2) is 15.1. The van der Waals surface area contributed by atoms with Crippen LogP contribution in [0.3, 0.4) is 0 Å². The van der Waals surface area contributed by atoms with E-state index >= 15 is 4.39 Å². The molecule has 230 valence electrons. The summed E-state index contributed by atoms with van der Waals surface area (Å²) < 4.78 is 50.1. The van der Waals surface area contributed by atoms with Crippen molar-refractivity contribution >= 4 is 0 Å². The van der Waals surface area contributed by atoms with Crippen molar-refractivity contribution in [2.45, 2.75) is 96.8 Å². The van der Waals surface area contributed by atoms with Gasteiger partial charge in [0, 0.05) is 11.1 Å². The van der Waals surface area contributed by atoms with E-state index in [0.29, 0.717) is 22.6 Å². The highest BCUT2D eigenvalue weighted by molar-refractivity contribution is 5.71. The van der Waals surface area contributed by atoms with E-state index in [1.165, 1.54) is 76.3 Å². The third kappa shape index (κ3) is 7.75. The lowest BCUT2D eigenvalue weighted by Gasteiger charge is -2.38. The van der Waals surface area contributed by atoms with Gasteiger partial charge in [0.05, 0.1) is 0 Å². The van der Waals surface area contributed by atoms with E-state index in [4.69, 9.17) is 4.74 Å². The summed E-state index contributed by atoms with van der Waals surface area (Å²) in [5.74, 6) is 0.815. The van der Waals surface area contributed by atoms with Crippen LogP contribution in [0, 0.1) is 35.2 Å². The van der Waals surface area contributed by atoms with Gasteiger partial charge in [-0.05, 0) is 104 Å². The number of hydrogen-bond donors (Lipinski definition) is 0. The molecule has 1 nitrogen and oxygen atoms in total. The molecule has 2 aliphatic rings. The van der Waals surface area contributed by atoms with Crippen LogP contribution < -0.4 is 4.74 Å². The van der Waals surface area contributed by atoms with Gasteiger partial charge in [0.15, 0.2) is 11.6 Å². The van der Waals surface area contributed by atoms with E-state index in [9.17, 15) is 8.78 Å². The minimum absolute atomic E-state index is 0.119. The minimum Gasteiger partial charge on any atom is -0.486 e. The Bertz CT molecular complexity index is 1350. The fraction of sp³-hybridized carbons (Fsp3) is 0.487. The Balaban J connectivity index is 1.17. The predicted octanol–water partition coefficient (Wildman–Crippen LogP) is 12.1. The third-order valence-electron chi connectivity index (χ3n) is 10.1. The molecule has 5 rings (SSSR count). The molecule has 4 heteroatoms. The first-order chi connectivity index (χ1) is 21.0. The smallest absolute Gasteiger partial charge is 0.201 e. The van der Waals surface area contributed by atoms with Gasteiger partial charge in [0.1, 0.15) is 12.4 Å². The SMILES string of the molecule is C/C=C/COc1ccc(-c2ccc(-c3ccc(C4CCC(C5CCC(CCCCC)CC5)CC4)cc3F)cc2)c(F)c1F. The number of hydrogen-bond acceptors (Lipinski definition) is 1. The zero-order valence-corrected chi connectivity index (χ0v) is 25.9. The van der Waals surface area contributed by atoms with Crippen LogP contribution in [-0.4, -0.2) is 6.61 Å². The van der Waals surface area contributed by atoms with Crippen LogP contribution in [0.4, 0.5) is 13.2 Å². The van der Waals surface area contributed by atoms with E-state index in [1.807, 2.05) is 13.0 Å². The first kappa shape index (κ1) is 31.4. The van der Waals surface area contributed by atoms with Gasteiger partial charge in [0.2, 0.25) is 5.82 Å². The van der Waals surface area contributed by atoms with E-state index in [0.717, 1.165) is 36.2 Å². The summed E-state index contributed by atoms with van der Waals surface area (Å²) in [4.78, 5) is 0. The molecule has 0 bridgehead atoms. The second-order valence-corrected chi connectivity index (χ2v) is 12.8. The van der Waals surface area contributed by atoms with E-state index in [-0.39, 0.29) is 23.7 Å². The minimum atomic E-state index is -1.01. The topological polar surface area (TPSA) is 9.23 Å². The highest BCUT2D eigenvalue weighted by atomic mass is 19.2. The number of halogens is 3. The van der Waals surface area contributed by atoms with Gasteiger partial charge >= 0.3 is 0 Å². The van der Waals surface area contributed by atoms with Crippen LogP contribution in [0.25, 0.3) is 22.3 Å². The number of unbranched alkanes of at least 4 members (excludes halogenated alkanes) is 2. The van der Waals surface area contributed by atoms with E-state index in [2.05, 4.69) is 13.0 Å². The Morgan fingerprint density at radius 1 is 0.721 bits per heavy atom. The van der Waals surface area contributed by atoms with E-state index < -0.39 is 11.6 Å². The summed E-state index contributed by atoms with van der Waals surface area (Å²) in [6, 6.07) is 15.6. The van der Waals surface area contributed by atoms with Crippen molar-refractivity contribution in [2.75, 3.05) is 6.61 Å². The fourth-order valence-electron chi connectivity index (χ4n) is 7.50. The summed E-state index contributed by atoms with van der Waals surface area (Å²) in [6.07, 6.45) is 19.5. The number of rotatable bonds is 11.